The van der Waals surface area contributed by atoms with Gasteiger partial charge in [0, 0.05) is 6.54 Å². The highest BCUT2D eigenvalue weighted by atomic mass is 16.4. The maximum Gasteiger partial charge on any atom is 0.307 e. The van der Waals surface area contributed by atoms with Crippen LogP contribution < -0.4 is 5.32 Å². The van der Waals surface area contributed by atoms with Crippen molar-refractivity contribution in [3.8, 4) is 0 Å². The van der Waals surface area contributed by atoms with Crippen molar-refractivity contribution in [2.45, 2.75) is 32.3 Å². The minimum Gasteiger partial charge on any atom is -0.481 e. The maximum atomic E-state index is 11.8. The van der Waals surface area contributed by atoms with Gasteiger partial charge in [-0.05, 0) is 26.7 Å². The summed E-state index contributed by atoms with van der Waals surface area (Å²) in [5.74, 6) is -2.46. The fourth-order valence-electron chi connectivity index (χ4n) is 1.81. The highest BCUT2D eigenvalue weighted by Gasteiger charge is 2.34. The molecule has 0 aromatic heterocycles. The molecular weight excluding hydrogens is 222 g/mol. The van der Waals surface area contributed by atoms with Gasteiger partial charge in [0.05, 0.1) is 17.4 Å². The quantitative estimate of drug-likeness (QED) is 0.627. The first-order chi connectivity index (χ1) is 7.81. The van der Waals surface area contributed by atoms with Gasteiger partial charge in [0.2, 0.25) is 5.91 Å². The van der Waals surface area contributed by atoms with E-state index < -0.39 is 23.4 Å². The number of rotatable bonds is 4. The maximum absolute atomic E-state index is 11.8. The van der Waals surface area contributed by atoms with Crippen LogP contribution in [0, 0.1) is 11.8 Å². The summed E-state index contributed by atoms with van der Waals surface area (Å²) in [4.78, 5) is 22.8. The Morgan fingerprint density at radius 1 is 1.29 bits per heavy atom. The Kier molecular flexibility index (Phi) is 4.28. The van der Waals surface area contributed by atoms with Crippen LogP contribution in [0.1, 0.15) is 26.7 Å². The molecule has 0 saturated carbocycles. The smallest absolute Gasteiger partial charge is 0.307 e. The number of carbonyl (C=O) groups excluding carboxylic acids is 1. The summed E-state index contributed by atoms with van der Waals surface area (Å²) in [6.07, 6.45) is 4.44. The van der Waals surface area contributed by atoms with Crippen LogP contribution in [-0.4, -0.2) is 34.2 Å². The summed E-state index contributed by atoms with van der Waals surface area (Å²) < 4.78 is 0. The molecule has 96 valence electrons. The molecule has 2 atom stereocenters. The molecule has 1 aliphatic rings. The Morgan fingerprint density at radius 2 is 1.82 bits per heavy atom. The van der Waals surface area contributed by atoms with Gasteiger partial charge in [-0.1, -0.05) is 12.2 Å². The molecule has 1 rings (SSSR count). The van der Waals surface area contributed by atoms with E-state index in [1.54, 1.807) is 19.9 Å². The molecule has 5 heteroatoms. The second-order valence-electron chi connectivity index (χ2n) is 5.02. The molecule has 1 aliphatic carbocycles. The summed E-state index contributed by atoms with van der Waals surface area (Å²) in [6, 6.07) is 0. The second kappa shape index (κ2) is 5.31. The minimum atomic E-state index is -0.987. The van der Waals surface area contributed by atoms with Gasteiger partial charge in [0.1, 0.15) is 0 Å². The molecule has 0 aromatic carbocycles. The van der Waals surface area contributed by atoms with Gasteiger partial charge in [0.15, 0.2) is 0 Å². The number of hydrogen-bond donors (Lipinski definition) is 3. The van der Waals surface area contributed by atoms with Crippen LogP contribution in [0.4, 0.5) is 0 Å². The lowest BCUT2D eigenvalue weighted by Gasteiger charge is -2.26. The van der Waals surface area contributed by atoms with Gasteiger partial charge in [-0.2, -0.15) is 0 Å². The van der Waals surface area contributed by atoms with Gasteiger partial charge in [-0.15, -0.1) is 0 Å². The first kappa shape index (κ1) is 13.7. The zero-order chi connectivity index (χ0) is 13.1. The molecule has 3 N–H and O–H groups in total. The number of carbonyl (C=O) groups is 2. The van der Waals surface area contributed by atoms with E-state index >= 15 is 0 Å². The predicted octanol–water partition coefficient (Wildman–Crippen LogP) is 0.541. The van der Waals surface area contributed by atoms with Gasteiger partial charge < -0.3 is 15.5 Å². The Hall–Kier alpha value is -1.36. The van der Waals surface area contributed by atoms with E-state index in [0.717, 1.165) is 0 Å². The molecule has 0 unspecified atom stereocenters. The fourth-order valence-corrected chi connectivity index (χ4v) is 1.81. The third-order valence-electron chi connectivity index (χ3n) is 2.78. The van der Waals surface area contributed by atoms with E-state index in [4.69, 9.17) is 5.11 Å². The zero-order valence-corrected chi connectivity index (χ0v) is 10.1. The third-order valence-corrected chi connectivity index (χ3v) is 2.78. The molecule has 0 aliphatic heterocycles. The van der Waals surface area contributed by atoms with Gasteiger partial charge >= 0.3 is 5.97 Å². The highest BCUT2D eigenvalue weighted by Crippen LogP contribution is 2.26. The molecule has 17 heavy (non-hydrogen) atoms. The van der Waals surface area contributed by atoms with Crippen molar-refractivity contribution >= 4 is 11.9 Å². The molecular formula is C12H19NO4. The van der Waals surface area contributed by atoms with E-state index in [2.05, 4.69) is 5.32 Å². The average Bonchev–Trinajstić information content (AvgIpc) is 2.25. The van der Waals surface area contributed by atoms with Crippen molar-refractivity contribution in [2.24, 2.45) is 11.8 Å². The van der Waals surface area contributed by atoms with Crippen molar-refractivity contribution in [3.05, 3.63) is 12.2 Å². The number of carboxylic acid groups (broad SMARTS) is 1. The lowest BCUT2D eigenvalue weighted by Crippen LogP contribution is -2.44. The van der Waals surface area contributed by atoms with Crippen molar-refractivity contribution in [2.75, 3.05) is 6.54 Å². The average molecular weight is 241 g/mol. The Morgan fingerprint density at radius 3 is 2.29 bits per heavy atom. The van der Waals surface area contributed by atoms with Crippen molar-refractivity contribution in [1.82, 2.24) is 5.32 Å². The fraction of sp³-hybridized carbons (Fsp3) is 0.667. The van der Waals surface area contributed by atoms with Crippen LogP contribution in [0.15, 0.2) is 12.2 Å². The third kappa shape index (κ3) is 4.19. The molecule has 0 spiro atoms. The Labute approximate surface area is 101 Å². The number of carboxylic acids is 1. The monoisotopic (exact) mass is 241 g/mol. The predicted molar refractivity (Wildman–Crippen MR) is 62.3 cm³/mol. The van der Waals surface area contributed by atoms with Crippen LogP contribution >= 0.6 is 0 Å². The summed E-state index contributed by atoms with van der Waals surface area (Å²) in [6.45, 7) is 3.30. The lowest BCUT2D eigenvalue weighted by molar-refractivity contribution is -0.147. The first-order valence-corrected chi connectivity index (χ1v) is 5.69. The molecule has 1 amide bonds. The Balaban J connectivity index is 2.60. The van der Waals surface area contributed by atoms with Crippen LogP contribution in [0.3, 0.4) is 0 Å². The van der Waals surface area contributed by atoms with Gasteiger partial charge in [-0.25, -0.2) is 0 Å². The topological polar surface area (TPSA) is 86.6 Å². The molecule has 0 heterocycles. The van der Waals surface area contributed by atoms with Crippen molar-refractivity contribution < 1.29 is 19.8 Å². The number of amides is 1. The summed E-state index contributed by atoms with van der Waals surface area (Å²) >= 11 is 0. The number of nitrogens with one attached hydrogen (secondary N) is 1. The van der Waals surface area contributed by atoms with Gasteiger partial charge in [0.25, 0.3) is 0 Å². The van der Waals surface area contributed by atoms with E-state index in [1.165, 1.54) is 0 Å². The van der Waals surface area contributed by atoms with Crippen LogP contribution in [-0.2, 0) is 9.59 Å². The van der Waals surface area contributed by atoms with E-state index in [0.29, 0.717) is 12.8 Å². The molecule has 0 radical (unpaired) electrons. The van der Waals surface area contributed by atoms with Crippen molar-refractivity contribution in [1.29, 1.82) is 0 Å². The first-order valence-electron chi connectivity index (χ1n) is 5.69. The van der Waals surface area contributed by atoms with Gasteiger partial charge in [-0.3, -0.25) is 9.59 Å². The standard InChI is InChI=1S/C12H19NO4/c1-12(2,17)7-13-10(14)8-5-3-4-6-9(8)11(15)16/h3-4,8-9,17H,5-7H2,1-2H3,(H,13,14)(H,15,16)/t8-,9+/m1/s1. The van der Waals surface area contributed by atoms with E-state index in [9.17, 15) is 14.7 Å². The van der Waals surface area contributed by atoms with Crippen LogP contribution in [0.5, 0.6) is 0 Å². The zero-order valence-electron chi connectivity index (χ0n) is 10.1. The SMILES string of the molecule is CC(C)(O)CNC(=O)[C@@H]1CC=CC[C@@H]1C(=O)O. The van der Waals surface area contributed by atoms with E-state index in [1.807, 2.05) is 6.08 Å². The lowest BCUT2D eigenvalue weighted by atomic mass is 9.82. The molecule has 0 fully saturated rings. The van der Waals surface area contributed by atoms with Crippen LogP contribution in [0.2, 0.25) is 0 Å². The summed E-state index contributed by atoms with van der Waals surface area (Å²) in [7, 11) is 0. The second-order valence-corrected chi connectivity index (χ2v) is 5.02. The van der Waals surface area contributed by atoms with Crippen LogP contribution in [0.25, 0.3) is 0 Å². The largest absolute Gasteiger partial charge is 0.481 e. The number of aliphatic hydroxyl groups is 1. The minimum absolute atomic E-state index is 0.123. The van der Waals surface area contributed by atoms with E-state index in [-0.39, 0.29) is 12.5 Å². The summed E-state index contributed by atoms with van der Waals surface area (Å²) in [5, 5.41) is 21.1. The number of allylic oxidation sites excluding steroid dienone is 2. The Bertz CT molecular complexity index is 330. The summed E-state index contributed by atoms with van der Waals surface area (Å²) in [5.41, 5.74) is -0.987. The number of aliphatic carboxylic acids is 1. The van der Waals surface area contributed by atoms with Crippen molar-refractivity contribution in [3.63, 3.8) is 0 Å². The molecule has 0 saturated heterocycles. The number of hydrogen-bond acceptors (Lipinski definition) is 3. The highest BCUT2D eigenvalue weighted by molar-refractivity contribution is 5.85. The molecule has 5 nitrogen and oxygen atoms in total. The normalized spacial score (nSPS) is 24.4. The molecule has 0 aromatic rings. The molecule has 0 bridgehead atoms.